The zero-order valence-corrected chi connectivity index (χ0v) is 29.9. The van der Waals surface area contributed by atoms with Gasteiger partial charge in [-0.3, -0.25) is 15.0 Å². The molecule has 272 valence electrons. The van der Waals surface area contributed by atoms with Crippen molar-refractivity contribution in [2.75, 3.05) is 26.2 Å². The highest BCUT2D eigenvalue weighted by molar-refractivity contribution is 6.44. The van der Waals surface area contributed by atoms with Crippen LogP contribution >= 0.6 is 46.4 Å². The summed E-state index contributed by atoms with van der Waals surface area (Å²) < 4.78 is 0. The van der Waals surface area contributed by atoms with Crippen LogP contribution in [0.1, 0.15) is 59.5 Å². The van der Waals surface area contributed by atoms with Crippen molar-refractivity contribution >= 4 is 75.3 Å². The molecule has 6 rings (SSSR count). The molecule has 0 saturated carbocycles. The summed E-state index contributed by atoms with van der Waals surface area (Å²) in [4.78, 5) is 28.7. The summed E-state index contributed by atoms with van der Waals surface area (Å²) in [6.07, 6.45) is 1.06. The second-order valence-corrected chi connectivity index (χ2v) is 13.2. The molecule has 0 unspecified atom stereocenters. The van der Waals surface area contributed by atoms with E-state index in [4.69, 9.17) is 68.7 Å². The van der Waals surface area contributed by atoms with Gasteiger partial charge in [0.05, 0.1) is 55.7 Å². The van der Waals surface area contributed by atoms with Crippen LogP contribution in [0.2, 0.25) is 20.1 Å². The minimum absolute atomic E-state index is 0. The van der Waals surface area contributed by atoms with Crippen LogP contribution in [0.3, 0.4) is 0 Å². The van der Waals surface area contributed by atoms with Crippen molar-refractivity contribution in [1.82, 2.24) is 9.80 Å². The number of hydrogen-bond donors (Lipinski definition) is 4. The average molecular weight is 781 g/mol. The normalized spacial score (nSPS) is 15.0. The quantitative estimate of drug-likeness (QED) is 0.150. The molecular weight excluding hydrogens is 738 g/mol. The molecule has 2 heterocycles. The summed E-state index contributed by atoms with van der Waals surface area (Å²) >= 11 is 24.3. The second kappa shape index (κ2) is 18.8. The standard InChI is InChI=1S/2C19H17Cl2N3O.2CH4/c2*20-15-8-4-7-14(17(15)21)19(25)24-10-9-13(16(22)11-24)18(23)12-5-2-1-3-6-12;;/h1-8,23H,9-11,22H2;1-8,22H,9-11,23H2;2*1H4. The Bertz CT molecular complexity index is 2020. The lowest BCUT2D eigenvalue weighted by Gasteiger charge is -2.30. The fraction of sp³-hybridized carbons (Fsp3) is 0.200. The molecule has 2 aliphatic rings. The van der Waals surface area contributed by atoms with Gasteiger partial charge in [-0.15, -0.1) is 0 Å². The molecule has 4 aromatic rings. The number of likely N-dealkylation sites (tertiary alicyclic amines) is 1. The number of halogens is 4. The van der Waals surface area contributed by atoms with Gasteiger partial charge in [0.1, 0.15) is 0 Å². The lowest BCUT2D eigenvalue weighted by molar-refractivity contribution is 0.0760. The number of benzene rings is 4. The van der Waals surface area contributed by atoms with E-state index >= 15 is 0 Å². The molecule has 6 N–H and O–H groups in total. The number of piperidine rings is 1. The molecular formula is C40H42Cl4N6O2. The van der Waals surface area contributed by atoms with Crippen LogP contribution in [0, 0.1) is 10.8 Å². The zero-order valence-electron chi connectivity index (χ0n) is 26.9. The first-order valence-electron chi connectivity index (χ1n) is 15.7. The molecule has 2 aliphatic heterocycles. The zero-order chi connectivity index (χ0) is 35.9. The first-order chi connectivity index (χ1) is 24.0. The van der Waals surface area contributed by atoms with Gasteiger partial charge in [0.25, 0.3) is 11.8 Å². The average Bonchev–Trinajstić information content (AvgIpc) is 3.13. The Morgan fingerprint density at radius 2 is 1.10 bits per heavy atom. The highest BCUT2D eigenvalue weighted by Gasteiger charge is 2.28. The smallest absolute Gasteiger partial charge is 0.255 e. The lowest BCUT2D eigenvalue weighted by Crippen LogP contribution is -2.41. The summed E-state index contributed by atoms with van der Waals surface area (Å²) in [5.41, 5.74) is 18.3. The van der Waals surface area contributed by atoms with Gasteiger partial charge in [-0.25, -0.2) is 0 Å². The number of hydrogen-bond acceptors (Lipinski definition) is 6. The summed E-state index contributed by atoms with van der Waals surface area (Å²) in [5, 5.41) is 17.9. The van der Waals surface area contributed by atoms with Crippen LogP contribution in [0.5, 0.6) is 0 Å². The van der Waals surface area contributed by atoms with Gasteiger partial charge in [0.2, 0.25) is 0 Å². The molecule has 12 heteroatoms. The van der Waals surface area contributed by atoms with Gasteiger partial charge in [-0.1, -0.05) is 134 Å². The molecule has 0 radical (unpaired) electrons. The maximum absolute atomic E-state index is 12.7. The predicted molar refractivity (Wildman–Crippen MR) is 217 cm³/mol. The van der Waals surface area contributed by atoms with E-state index in [0.717, 1.165) is 22.3 Å². The predicted octanol–water partition coefficient (Wildman–Crippen LogP) is 9.62. The fourth-order valence-electron chi connectivity index (χ4n) is 5.73. The third kappa shape index (κ3) is 9.43. The van der Waals surface area contributed by atoms with E-state index in [9.17, 15) is 9.59 Å². The maximum atomic E-state index is 12.7. The molecule has 1 fully saturated rings. The molecule has 0 spiro atoms. The van der Waals surface area contributed by atoms with E-state index in [1.165, 1.54) is 0 Å². The van der Waals surface area contributed by atoms with Crippen molar-refractivity contribution in [2.45, 2.75) is 27.7 Å². The van der Waals surface area contributed by atoms with E-state index in [1.807, 2.05) is 60.7 Å². The number of carbonyl (C=O) groups excluding carboxylic acids is 2. The molecule has 4 aromatic carbocycles. The monoisotopic (exact) mass is 778 g/mol. The molecule has 1 saturated heterocycles. The van der Waals surface area contributed by atoms with Crippen LogP contribution in [0.25, 0.3) is 5.70 Å². The first-order valence-corrected chi connectivity index (χ1v) is 17.2. The number of carbonyl (C=O) groups is 2. The minimum Gasteiger partial charge on any atom is -0.400 e. The van der Waals surface area contributed by atoms with Crippen LogP contribution in [-0.2, 0) is 0 Å². The van der Waals surface area contributed by atoms with Crippen LogP contribution in [-0.4, -0.2) is 59.2 Å². The third-order valence-electron chi connectivity index (χ3n) is 8.44. The van der Waals surface area contributed by atoms with Crippen molar-refractivity contribution in [3.8, 4) is 0 Å². The number of nitrogens with zero attached hydrogens (tertiary/aromatic N) is 2. The lowest BCUT2D eigenvalue weighted by atomic mass is 9.95. The molecule has 0 bridgehead atoms. The van der Waals surface area contributed by atoms with Crippen LogP contribution in [0.4, 0.5) is 0 Å². The van der Waals surface area contributed by atoms with Gasteiger partial charge >= 0.3 is 0 Å². The van der Waals surface area contributed by atoms with Gasteiger partial charge in [0.15, 0.2) is 0 Å². The van der Waals surface area contributed by atoms with Gasteiger partial charge < -0.3 is 26.7 Å². The molecule has 0 aliphatic carbocycles. The van der Waals surface area contributed by atoms with E-state index < -0.39 is 0 Å². The van der Waals surface area contributed by atoms with Crippen molar-refractivity contribution in [1.29, 1.82) is 10.8 Å². The Morgan fingerprint density at radius 1 is 0.635 bits per heavy atom. The van der Waals surface area contributed by atoms with E-state index in [1.54, 1.807) is 46.2 Å². The Hall–Kier alpha value is -4.60. The number of nitrogens with two attached hydrogens (primary N) is 2. The largest absolute Gasteiger partial charge is 0.400 e. The molecule has 0 aromatic heterocycles. The Balaban J connectivity index is 0.000000270. The van der Waals surface area contributed by atoms with Crippen molar-refractivity contribution in [2.24, 2.45) is 11.5 Å². The highest BCUT2D eigenvalue weighted by atomic mass is 35.5. The van der Waals surface area contributed by atoms with Crippen LogP contribution < -0.4 is 11.5 Å². The van der Waals surface area contributed by atoms with E-state index in [0.29, 0.717) is 69.9 Å². The van der Waals surface area contributed by atoms with Crippen molar-refractivity contribution in [3.05, 3.63) is 156 Å². The third-order valence-corrected chi connectivity index (χ3v) is 10.1. The van der Waals surface area contributed by atoms with Crippen molar-refractivity contribution in [3.63, 3.8) is 0 Å². The molecule has 0 atom stereocenters. The second-order valence-electron chi connectivity index (χ2n) is 11.6. The SMILES string of the molecule is C.C.N=C(C1=C(N)CN(C(=O)c2cccc(Cl)c2Cl)CC1)c1ccccc1.N=C1CN(C(=O)c2cccc(Cl)c2Cl)CCC1=C(N)c1ccccc1. The van der Waals surface area contributed by atoms with E-state index in [2.05, 4.69) is 0 Å². The Kier molecular flexibility index (Phi) is 15.1. The Labute approximate surface area is 325 Å². The van der Waals surface area contributed by atoms with E-state index in [-0.39, 0.29) is 49.8 Å². The summed E-state index contributed by atoms with van der Waals surface area (Å²) in [5.74, 6) is -0.435. The maximum Gasteiger partial charge on any atom is 0.255 e. The molecule has 52 heavy (non-hydrogen) atoms. The molecule has 8 nitrogen and oxygen atoms in total. The number of amides is 2. The topological polar surface area (TPSA) is 140 Å². The van der Waals surface area contributed by atoms with Gasteiger partial charge in [-0.05, 0) is 53.8 Å². The summed E-state index contributed by atoms with van der Waals surface area (Å²) in [7, 11) is 0. The van der Waals surface area contributed by atoms with Crippen LogP contribution in [0.15, 0.2) is 114 Å². The summed E-state index contributed by atoms with van der Waals surface area (Å²) in [6, 6.07) is 29.0. The fourth-order valence-corrected chi connectivity index (χ4v) is 6.49. The minimum atomic E-state index is -0.227. The molecule has 2 amide bonds. The number of nitrogens with one attached hydrogen (secondary N) is 2. The number of rotatable bonds is 5. The first kappa shape index (κ1) is 41.8. The summed E-state index contributed by atoms with van der Waals surface area (Å²) in [6.45, 7) is 1.43. The van der Waals surface area contributed by atoms with Crippen molar-refractivity contribution < 1.29 is 9.59 Å². The van der Waals surface area contributed by atoms with Gasteiger partial charge in [-0.2, -0.15) is 0 Å². The van der Waals surface area contributed by atoms with Gasteiger partial charge in [0, 0.05) is 30.1 Å². The highest BCUT2D eigenvalue weighted by Crippen LogP contribution is 2.30. The Morgan fingerprint density at radius 3 is 1.58 bits per heavy atom.